The number of hydroxylamine groups is 1. The van der Waals surface area contributed by atoms with Crippen molar-refractivity contribution < 1.29 is 24.3 Å². The summed E-state index contributed by atoms with van der Waals surface area (Å²) >= 11 is 0. The van der Waals surface area contributed by atoms with E-state index in [-0.39, 0.29) is 25.0 Å². The first-order chi connectivity index (χ1) is 14.5. The quantitative estimate of drug-likeness (QED) is 0.214. The first-order valence-electron chi connectivity index (χ1n) is 10.1. The topological polar surface area (TPSA) is 96.9 Å². The molecule has 0 radical (unpaired) electrons. The van der Waals surface area contributed by atoms with Crippen LogP contribution < -0.4 is 15.5 Å². The average molecular weight is 415 g/mol. The Morgan fingerprint density at radius 2 is 1.90 bits per heavy atom. The monoisotopic (exact) mass is 414 g/mol. The number of unbranched alkanes of at least 4 members (excludes halogenated alkanes) is 2. The van der Waals surface area contributed by atoms with Crippen molar-refractivity contribution in [2.24, 2.45) is 0 Å². The molecular formula is C23H30N2O5. The van der Waals surface area contributed by atoms with Gasteiger partial charge in [-0.05, 0) is 37.6 Å². The lowest BCUT2D eigenvalue weighted by Crippen LogP contribution is -2.37. The Morgan fingerprint density at radius 3 is 2.67 bits per heavy atom. The largest absolute Gasteiger partial charge is 0.488 e. The van der Waals surface area contributed by atoms with Gasteiger partial charge >= 0.3 is 0 Å². The molecule has 2 rings (SSSR count). The van der Waals surface area contributed by atoms with Gasteiger partial charge in [0.2, 0.25) is 5.91 Å². The van der Waals surface area contributed by atoms with Crippen LogP contribution in [0, 0.1) is 0 Å². The molecule has 7 heteroatoms. The summed E-state index contributed by atoms with van der Waals surface area (Å²) in [5, 5.41) is 13.5. The van der Waals surface area contributed by atoms with Crippen molar-refractivity contribution >= 4 is 22.6 Å². The van der Waals surface area contributed by atoms with E-state index in [1.165, 1.54) is 0 Å². The molecule has 0 bridgehead atoms. The molecule has 162 valence electrons. The number of hydrogen-bond acceptors (Lipinski definition) is 5. The summed E-state index contributed by atoms with van der Waals surface area (Å²) in [5.74, 6) is 0.105. The summed E-state index contributed by atoms with van der Waals surface area (Å²) in [7, 11) is 1.59. The lowest BCUT2D eigenvalue weighted by atomic mass is 10.1. The van der Waals surface area contributed by atoms with Crippen LogP contribution in [-0.2, 0) is 14.3 Å². The Labute approximate surface area is 177 Å². The molecule has 0 spiro atoms. The first-order valence-corrected chi connectivity index (χ1v) is 10.1. The summed E-state index contributed by atoms with van der Waals surface area (Å²) in [6.07, 6.45) is 4.03. The highest BCUT2D eigenvalue weighted by molar-refractivity contribution is 5.94. The molecule has 0 aromatic heterocycles. The fraction of sp³-hybridized carbons (Fsp3) is 0.391. The first kappa shape index (κ1) is 23.4. The summed E-state index contributed by atoms with van der Waals surface area (Å²) in [6.45, 7) is 2.42. The molecule has 30 heavy (non-hydrogen) atoms. The molecule has 3 N–H and O–H groups in total. The standard InChI is InChI=1S/C23H30N2O5/c1-17(15-29-2)24-23(27)19(10-4-3-5-14-22(26)25-28)16-30-21-13-8-11-18-9-6-7-12-20(18)21/h6-13,17,28H,3-5,14-16H2,1-2H3,(H,24,27)(H,25,26)/b19-10+. The molecule has 0 aliphatic rings. The van der Waals surface area contributed by atoms with E-state index in [9.17, 15) is 9.59 Å². The van der Waals surface area contributed by atoms with E-state index in [1.807, 2.05) is 55.5 Å². The highest BCUT2D eigenvalue weighted by Gasteiger charge is 2.14. The number of nitrogens with one attached hydrogen (secondary N) is 2. The minimum absolute atomic E-state index is 0.128. The van der Waals surface area contributed by atoms with E-state index in [4.69, 9.17) is 14.7 Å². The third-order valence-electron chi connectivity index (χ3n) is 4.59. The van der Waals surface area contributed by atoms with Crippen LogP contribution >= 0.6 is 0 Å². The van der Waals surface area contributed by atoms with Gasteiger partial charge in [-0.1, -0.05) is 42.5 Å². The van der Waals surface area contributed by atoms with Crippen molar-refractivity contribution in [3.63, 3.8) is 0 Å². The summed E-state index contributed by atoms with van der Waals surface area (Å²) in [4.78, 5) is 23.8. The lowest BCUT2D eigenvalue weighted by molar-refractivity contribution is -0.129. The van der Waals surface area contributed by atoms with Gasteiger partial charge in [0, 0.05) is 25.0 Å². The number of benzene rings is 2. The second-order valence-corrected chi connectivity index (χ2v) is 7.11. The number of ether oxygens (including phenoxy) is 2. The molecule has 0 aliphatic heterocycles. The van der Waals surface area contributed by atoms with Gasteiger partial charge in [0.15, 0.2) is 0 Å². The van der Waals surface area contributed by atoms with E-state index < -0.39 is 5.91 Å². The molecule has 0 saturated carbocycles. The number of carbonyl (C=O) groups is 2. The highest BCUT2D eigenvalue weighted by Crippen LogP contribution is 2.25. The third kappa shape index (κ3) is 7.50. The van der Waals surface area contributed by atoms with Gasteiger partial charge in [0.25, 0.3) is 5.91 Å². The second kappa shape index (κ2) is 12.6. The van der Waals surface area contributed by atoms with E-state index in [1.54, 1.807) is 12.6 Å². The molecule has 0 fully saturated rings. The molecule has 1 atom stereocenters. The maximum atomic E-state index is 12.7. The second-order valence-electron chi connectivity index (χ2n) is 7.11. The Morgan fingerprint density at radius 1 is 1.13 bits per heavy atom. The number of methoxy groups -OCH3 is 1. The van der Waals surface area contributed by atoms with E-state index >= 15 is 0 Å². The number of fused-ring (bicyclic) bond motifs is 1. The Bertz CT molecular complexity index is 860. The Balaban J connectivity index is 2.04. The average Bonchev–Trinajstić information content (AvgIpc) is 2.75. The number of rotatable bonds is 12. The van der Waals surface area contributed by atoms with Gasteiger partial charge in [0.1, 0.15) is 12.4 Å². The van der Waals surface area contributed by atoms with E-state index in [0.29, 0.717) is 31.4 Å². The minimum Gasteiger partial charge on any atom is -0.488 e. The summed E-state index contributed by atoms with van der Waals surface area (Å²) in [5.41, 5.74) is 2.14. The van der Waals surface area contributed by atoms with E-state index in [0.717, 1.165) is 16.5 Å². The van der Waals surface area contributed by atoms with Gasteiger partial charge in [-0.2, -0.15) is 0 Å². The van der Waals surface area contributed by atoms with Gasteiger partial charge in [-0.25, -0.2) is 5.48 Å². The normalized spacial score (nSPS) is 12.4. The van der Waals surface area contributed by atoms with Crippen LogP contribution in [0.15, 0.2) is 54.1 Å². The number of allylic oxidation sites excluding steroid dienone is 1. The molecule has 0 saturated heterocycles. The molecule has 0 aliphatic carbocycles. The predicted molar refractivity (Wildman–Crippen MR) is 115 cm³/mol. The van der Waals surface area contributed by atoms with Crippen LogP contribution in [-0.4, -0.2) is 43.4 Å². The van der Waals surface area contributed by atoms with Crippen LogP contribution in [0.2, 0.25) is 0 Å². The van der Waals surface area contributed by atoms with Crippen molar-refractivity contribution in [1.29, 1.82) is 0 Å². The molecular weight excluding hydrogens is 384 g/mol. The highest BCUT2D eigenvalue weighted by atomic mass is 16.5. The summed E-state index contributed by atoms with van der Waals surface area (Å²) < 4.78 is 11.1. The lowest BCUT2D eigenvalue weighted by Gasteiger charge is -2.16. The Hall–Kier alpha value is -2.90. The smallest absolute Gasteiger partial charge is 0.250 e. The van der Waals surface area contributed by atoms with Crippen molar-refractivity contribution in [2.75, 3.05) is 20.3 Å². The van der Waals surface area contributed by atoms with Crippen LogP contribution in [0.1, 0.15) is 32.6 Å². The Kier molecular flexibility index (Phi) is 9.83. The zero-order valence-electron chi connectivity index (χ0n) is 17.5. The van der Waals surface area contributed by atoms with E-state index in [2.05, 4.69) is 5.32 Å². The molecule has 1 unspecified atom stereocenters. The SMILES string of the molecule is COCC(C)NC(=O)/C(=C/CCCCC(=O)NO)COc1cccc2ccccc12. The molecule has 0 heterocycles. The fourth-order valence-electron chi connectivity index (χ4n) is 3.06. The number of amides is 2. The molecule has 2 aromatic rings. The molecule has 2 amide bonds. The van der Waals surface area contributed by atoms with Crippen LogP contribution in [0.25, 0.3) is 10.8 Å². The maximum absolute atomic E-state index is 12.7. The van der Waals surface area contributed by atoms with Crippen LogP contribution in [0.5, 0.6) is 5.75 Å². The van der Waals surface area contributed by atoms with Crippen LogP contribution in [0.4, 0.5) is 0 Å². The predicted octanol–water partition coefficient (Wildman–Crippen LogP) is 3.36. The number of hydrogen-bond donors (Lipinski definition) is 3. The van der Waals surface area contributed by atoms with Crippen molar-refractivity contribution in [3.8, 4) is 5.75 Å². The molecule has 7 nitrogen and oxygen atoms in total. The van der Waals surface area contributed by atoms with Crippen molar-refractivity contribution in [2.45, 2.75) is 38.6 Å². The van der Waals surface area contributed by atoms with Crippen molar-refractivity contribution in [3.05, 3.63) is 54.1 Å². The fourth-order valence-corrected chi connectivity index (χ4v) is 3.06. The van der Waals surface area contributed by atoms with Crippen LogP contribution in [0.3, 0.4) is 0 Å². The maximum Gasteiger partial charge on any atom is 0.250 e. The van der Waals surface area contributed by atoms with Gasteiger partial charge in [-0.15, -0.1) is 0 Å². The van der Waals surface area contributed by atoms with Gasteiger partial charge < -0.3 is 14.8 Å². The zero-order chi connectivity index (χ0) is 21.8. The number of carbonyl (C=O) groups excluding carboxylic acids is 2. The van der Waals surface area contributed by atoms with Crippen molar-refractivity contribution in [1.82, 2.24) is 10.8 Å². The zero-order valence-corrected chi connectivity index (χ0v) is 17.5. The minimum atomic E-state index is -0.412. The summed E-state index contributed by atoms with van der Waals surface area (Å²) in [6, 6.07) is 13.6. The third-order valence-corrected chi connectivity index (χ3v) is 4.59. The van der Waals surface area contributed by atoms with Gasteiger partial charge in [-0.3, -0.25) is 14.8 Å². The van der Waals surface area contributed by atoms with Gasteiger partial charge in [0.05, 0.1) is 12.2 Å². The molecule has 2 aromatic carbocycles.